The summed E-state index contributed by atoms with van der Waals surface area (Å²) in [5.74, 6) is 8.69. The largest absolute Gasteiger partial charge is 0.399 e. The molecule has 0 aliphatic carbocycles. The van der Waals surface area contributed by atoms with Crippen LogP contribution in [0.4, 0.5) is 0 Å². The molecule has 0 fully saturated rings. The molecule has 0 bridgehead atoms. The first-order chi connectivity index (χ1) is 12.5. The second kappa shape index (κ2) is 295. The van der Waals surface area contributed by atoms with Gasteiger partial charge in [-0.05, 0) is 30.4 Å². The fourth-order valence-corrected chi connectivity index (χ4v) is 0.211. The zero-order chi connectivity index (χ0) is 23.1. The van der Waals surface area contributed by atoms with Crippen molar-refractivity contribution in [1.29, 1.82) is 2.67 Å². The Kier molecular flexibility index (Phi) is 679. The minimum atomic E-state index is 0. The summed E-state index contributed by atoms with van der Waals surface area (Å²) in [6, 6.07) is 0. The number of carbonyl (C=O) groups is 2. The maximum atomic E-state index is 8.81. The number of oxime groups is 2. The number of hydrogen-bond acceptors (Lipinski definition) is 10. The molecule has 0 rings (SSSR count). The molecule has 184 valence electrons. The average Bonchev–Trinajstić information content (AvgIpc) is 2.63. The van der Waals surface area contributed by atoms with Crippen molar-refractivity contribution in [2.75, 3.05) is 28.4 Å². The molecule has 0 saturated carbocycles. The van der Waals surface area contributed by atoms with E-state index in [0.717, 1.165) is 12.6 Å². The molecular weight excluding hydrogens is 856 g/mol. The minimum Gasteiger partial charge on any atom is -0.399 e. The molecule has 0 amide bonds. The van der Waals surface area contributed by atoms with Crippen LogP contribution in [0, 0.1) is 0 Å². The van der Waals surface area contributed by atoms with E-state index in [9.17, 15) is 0 Å². The molecule has 0 aromatic carbocycles. The Morgan fingerprint density at radius 2 is 0.821 bits per heavy atom. The Hall–Kier alpha value is -3.75. The van der Waals surface area contributed by atoms with E-state index in [4.69, 9.17) is 12.3 Å². The van der Waals surface area contributed by atoms with Gasteiger partial charge in [0.15, 0.2) is 0 Å². The molecule has 0 atom stereocenters. The molecule has 0 heterocycles. The first-order valence-electron chi connectivity index (χ1n) is 6.92. The summed E-state index contributed by atoms with van der Waals surface area (Å²) in [6.07, 6.45) is 4.67. The molecule has 0 aromatic rings. The molecule has 0 aliphatic rings. The van der Waals surface area contributed by atoms with Gasteiger partial charge in [-0.1, -0.05) is 14.9 Å². The Labute approximate surface area is 167 Å². The predicted octanol–water partition coefficient (Wildman–Crippen LogP) is 0.676. The van der Waals surface area contributed by atoms with Gasteiger partial charge in [-0.25, -0.2) is 11.8 Å². The van der Waals surface area contributed by atoms with Crippen molar-refractivity contribution in [3.05, 3.63) is 0 Å². The first-order valence-corrected chi connectivity index (χ1v) is 5.77. The summed E-state index contributed by atoms with van der Waals surface area (Å²) < 4.78 is 10.5. The second-order valence-electron chi connectivity index (χ2n) is 2.04. The average molecular weight is 902 g/mol. The Morgan fingerprint density at radius 1 is 0.714 bits per heavy atom. The van der Waals surface area contributed by atoms with E-state index in [-0.39, 0.29) is 14.9 Å². The van der Waals surface area contributed by atoms with Gasteiger partial charge in [0.2, 0.25) is 0 Å². The number of carbonyl (C=O) groups excluding carboxylic acids is 2. The van der Waals surface area contributed by atoms with Crippen molar-refractivity contribution >= 4 is 41.8 Å². The van der Waals surface area contributed by atoms with Crippen molar-refractivity contribution in [3.63, 3.8) is 0 Å². The molecule has 0 saturated heterocycles. The fraction of sp³-hybridized carbons (Fsp3) is 0.714. The van der Waals surface area contributed by atoms with Crippen molar-refractivity contribution < 1.29 is 28.9 Å². The number of aldehydes is 2. The normalized spacial score (nSPS) is 5.93. The third kappa shape index (κ3) is 161000. The SMILES string of the molecule is C.C.CC=NOC.CC=NOC.CC=O.CC=O.CON.CON.[3H][B].[3H][B].[Fm].[Fm]. The van der Waals surface area contributed by atoms with Crippen LogP contribution in [0.3, 0.4) is 0 Å². The summed E-state index contributed by atoms with van der Waals surface area (Å²) in [4.78, 5) is 33.6. The maximum absolute atomic E-state index is 8.81. The Bertz CT molecular complexity index is 205. The van der Waals surface area contributed by atoms with Gasteiger partial charge >= 0.3 is 0 Å². The zero-order valence-electron chi connectivity index (χ0n) is 18.5. The van der Waals surface area contributed by atoms with E-state index >= 15 is 0 Å². The van der Waals surface area contributed by atoms with Crippen LogP contribution in [0.25, 0.3) is 0 Å². The van der Waals surface area contributed by atoms with E-state index in [1.54, 1.807) is 26.3 Å². The standard InChI is InChI=1S/2C3H7NO.2C2H4O.2CH5NO.2CH4.2BH.2Fm/c2*1-3-4-5-2;2*1-2-3;2*1-3-2;;;;;;/h2*3H,1-2H3;2*2H,1H3;2*2H2,1H3;2*1H4;2*1H;;/i;;;;;;;;2*1T;;. The number of rotatable bonds is 2. The van der Waals surface area contributed by atoms with Gasteiger partial charge in [-0.2, -0.15) is 0 Å². The fourth-order valence-electron chi connectivity index (χ4n) is 0.211. The van der Waals surface area contributed by atoms with Gasteiger partial charge in [-0.15, -0.1) is 10.3 Å². The molecule has 0 unspecified atom stereocenters. The predicted molar refractivity (Wildman–Crippen MR) is 116 cm³/mol. The second-order valence-corrected chi connectivity index (χ2v) is 2.04. The third-order valence-corrected chi connectivity index (χ3v) is 0.422. The van der Waals surface area contributed by atoms with Crippen LogP contribution in [0.1, 0.15) is 42.5 Å². The number of hydrogen-bond donors (Lipinski definition) is 2. The van der Waals surface area contributed by atoms with Gasteiger partial charge < -0.3 is 28.9 Å². The smallest absolute Gasteiger partial charge is 0.116 e. The van der Waals surface area contributed by atoms with Crippen molar-refractivity contribution in [2.45, 2.75) is 42.5 Å². The zero-order valence-corrected chi connectivity index (χ0v) is 21.3. The molecule has 0 aromatic heterocycles. The van der Waals surface area contributed by atoms with Gasteiger partial charge in [0, 0.05) is 29.2 Å². The van der Waals surface area contributed by atoms with E-state index in [2.05, 4.69) is 58.2 Å². The van der Waals surface area contributed by atoms with Crippen molar-refractivity contribution in [2.24, 2.45) is 22.1 Å². The Balaban J connectivity index is -0.0000000124. The van der Waals surface area contributed by atoms with Crippen molar-refractivity contribution in [1.82, 2.24) is 0 Å². The van der Waals surface area contributed by atoms with Crippen LogP contribution in [-0.4, -0.2) is 72.9 Å². The van der Waals surface area contributed by atoms with Gasteiger partial charge in [0.05, 0.1) is 14.2 Å². The molecule has 28 heavy (non-hydrogen) atoms. The van der Waals surface area contributed by atoms with Crippen LogP contribution >= 0.6 is 0 Å². The molecule has 10 nitrogen and oxygen atoms in total. The summed E-state index contributed by atoms with van der Waals surface area (Å²) in [6.45, 7) is 6.48. The molecule has 14 heteroatoms. The Morgan fingerprint density at radius 3 is 0.821 bits per heavy atom. The van der Waals surface area contributed by atoms with Crippen LogP contribution < -0.4 is 11.8 Å². The minimum absolute atomic E-state index is 0. The van der Waals surface area contributed by atoms with Gasteiger partial charge in [-0.3, -0.25) is 0 Å². The number of nitrogens with zero attached hydrogens (tertiary/aromatic N) is 2. The van der Waals surface area contributed by atoms with E-state index in [1.165, 1.54) is 42.3 Å². The third-order valence-electron chi connectivity index (χ3n) is 0.422. The monoisotopic (exact) mass is 903 g/mol. The van der Waals surface area contributed by atoms with E-state index in [0.29, 0.717) is 0 Å². The summed E-state index contributed by atoms with van der Waals surface area (Å²) in [5, 5.41) is 6.69. The van der Waals surface area contributed by atoms with Crippen LogP contribution in [0.15, 0.2) is 10.3 Å². The van der Waals surface area contributed by atoms with E-state index in [1.807, 2.05) is 0 Å². The topological polar surface area (TPSA) is 148 Å². The van der Waals surface area contributed by atoms with Crippen LogP contribution in [-0.2, 0) is 28.9 Å². The summed E-state index contributed by atoms with van der Waals surface area (Å²) in [5.41, 5.74) is 0. The van der Waals surface area contributed by atoms with E-state index < -0.39 is 0 Å². The summed E-state index contributed by atoms with van der Waals surface area (Å²) in [7, 11) is 13.3. The van der Waals surface area contributed by atoms with Gasteiger partial charge in [0.25, 0.3) is 0 Å². The quantitative estimate of drug-likeness (QED) is 0.178. The molecule has 4 radical (unpaired) electrons. The van der Waals surface area contributed by atoms with Crippen molar-refractivity contribution in [3.8, 4) is 0 Å². The molecule has 0 spiro atoms. The first kappa shape index (κ1) is 64.6. The van der Waals surface area contributed by atoms with Crippen LogP contribution in [0.2, 0.25) is 0 Å². The molecule has 4 N–H and O–H groups in total. The summed E-state index contributed by atoms with van der Waals surface area (Å²) >= 11 is 0. The van der Waals surface area contributed by atoms with Crippen LogP contribution in [0.5, 0.6) is 0 Å². The van der Waals surface area contributed by atoms with Gasteiger partial charge in [0.1, 0.15) is 26.8 Å². The molecular formula is C14H42B2Fm2N4O6. The maximum Gasteiger partial charge on any atom is 0.116 e. The number of nitrogens with two attached hydrogens (primary N) is 2. The molecule has 0 aliphatic heterocycles.